The molecule has 3 rings (SSSR count). The molecule has 126 valence electrons. The molecule has 25 heavy (non-hydrogen) atoms. The first-order valence-corrected chi connectivity index (χ1v) is 7.65. The fourth-order valence-electron chi connectivity index (χ4n) is 2.31. The third kappa shape index (κ3) is 3.55. The van der Waals surface area contributed by atoms with Crippen molar-refractivity contribution in [2.24, 2.45) is 0 Å². The molecular formula is C20H15F2NO2. The maximum Gasteiger partial charge on any atom is 0.362 e. The van der Waals surface area contributed by atoms with Crippen molar-refractivity contribution >= 4 is 5.97 Å². The first kappa shape index (κ1) is 16.8. The van der Waals surface area contributed by atoms with Crippen LogP contribution in [-0.2, 0) is 0 Å². The predicted molar refractivity (Wildman–Crippen MR) is 90.5 cm³/mol. The van der Waals surface area contributed by atoms with E-state index in [1.807, 2.05) is 19.1 Å². The molecule has 0 aliphatic carbocycles. The molecule has 0 aliphatic rings. The lowest BCUT2D eigenvalue weighted by Gasteiger charge is -2.07. The molecule has 0 unspecified atom stereocenters. The van der Waals surface area contributed by atoms with E-state index in [2.05, 4.69) is 4.98 Å². The zero-order chi connectivity index (χ0) is 18.0. The molecule has 0 aliphatic heterocycles. The van der Waals surface area contributed by atoms with E-state index in [0.717, 1.165) is 5.56 Å². The van der Waals surface area contributed by atoms with Crippen molar-refractivity contribution in [3.8, 4) is 16.9 Å². The van der Waals surface area contributed by atoms with E-state index in [4.69, 9.17) is 4.74 Å². The number of ether oxygens (including phenoxy) is 1. The Kier molecular flexibility index (Phi) is 4.57. The van der Waals surface area contributed by atoms with Crippen molar-refractivity contribution < 1.29 is 18.3 Å². The van der Waals surface area contributed by atoms with E-state index >= 15 is 0 Å². The molecule has 0 N–H and O–H groups in total. The zero-order valence-corrected chi connectivity index (χ0v) is 13.7. The average molecular weight is 339 g/mol. The monoisotopic (exact) mass is 339 g/mol. The van der Waals surface area contributed by atoms with Crippen LogP contribution in [-0.4, -0.2) is 11.0 Å². The smallest absolute Gasteiger partial charge is 0.362 e. The number of rotatable bonds is 3. The van der Waals surface area contributed by atoms with Gasteiger partial charge in [-0.1, -0.05) is 35.9 Å². The number of carbonyl (C=O) groups is 1. The molecule has 1 aromatic heterocycles. The number of aryl methyl sites for hydroxylation is 2. The second-order valence-electron chi connectivity index (χ2n) is 5.69. The summed E-state index contributed by atoms with van der Waals surface area (Å²) in [6.45, 7) is 3.42. The van der Waals surface area contributed by atoms with Gasteiger partial charge in [0.2, 0.25) is 0 Å². The standard InChI is InChI=1S/C20H15F2NO2/c1-12-3-7-15(8-4-12)25-20(24)17-10-6-14(11-23-17)16-9-5-13(2)18(21)19(16)22/h3-11H,1-2H3. The van der Waals surface area contributed by atoms with Crippen molar-refractivity contribution in [1.82, 2.24) is 4.98 Å². The molecule has 0 radical (unpaired) electrons. The van der Waals surface area contributed by atoms with E-state index in [1.165, 1.54) is 37.4 Å². The van der Waals surface area contributed by atoms with Gasteiger partial charge in [-0.2, -0.15) is 0 Å². The second-order valence-corrected chi connectivity index (χ2v) is 5.69. The fraction of sp³-hybridized carbons (Fsp3) is 0.100. The minimum Gasteiger partial charge on any atom is -0.422 e. The van der Waals surface area contributed by atoms with Gasteiger partial charge in [-0.15, -0.1) is 0 Å². The van der Waals surface area contributed by atoms with Gasteiger partial charge in [0.25, 0.3) is 0 Å². The average Bonchev–Trinajstić information content (AvgIpc) is 2.62. The molecule has 0 saturated heterocycles. The van der Waals surface area contributed by atoms with E-state index in [0.29, 0.717) is 11.3 Å². The highest BCUT2D eigenvalue weighted by Gasteiger charge is 2.15. The molecule has 0 amide bonds. The number of nitrogens with zero attached hydrogens (tertiary/aromatic N) is 1. The van der Waals surface area contributed by atoms with Crippen molar-refractivity contribution in [3.63, 3.8) is 0 Å². The fourth-order valence-corrected chi connectivity index (χ4v) is 2.31. The summed E-state index contributed by atoms with van der Waals surface area (Å²) in [4.78, 5) is 16.1. The number of hydrogen-bond acceptors (Lipinski definition) is 3. The number of benzene rings is 2. The normalized spacial score (nSPS) is 10.6. The molecule has 0 fully saturated rings. The van der Waals surface area contributed by atoms with E-state index < -0.39 is 17.6 Å². The lowest BCUT2D eigenvalue weighted by Crippen LogP contribution is -2.10. The summed E-state index contributed by atoms with van der Waals surface area (Å²) in [7, 11) is 0. The third-order valence-corrected chi connectivity index (χ3v) is 3.79. The minimum atomic E-state index is -0.934. The topological polar surface area (TPSA) is 39.2 Å². The number of pyridine rings is 1. The molecule has 5 heteroatoms. The van der Waals surface area contributed by atoms with E-state index in [-0.39, 0.29) is 16.8 Å². The van der Waals surface area contributed by atoms with Gasteiger partial charge >= 0.3 is 5.97 Å². The van der Waals surface area contributed by atoms with Crippen LogP contribution < -0.4 is 4.74 Å². The number of halogens is 2. The van der Waals surface area contributed by atoms with Crippen LogP contribution in [0.15, 0.2) is 54.7 Å². The largest absolute Gasteiger partial charge is 0.422 e. The van der Waals surface area contributed by atoms with Crippen molar-refractivity contribution in [2.45, 2.75) is 13.8 Å². The summed E-state index contributed by atoms with van der Waals surface area (Å²) in [6.07, 6.45) is 1.32. The second kappa shape index (κ2) is 6.81. The van der Waals surface area contributed by atoms with Gasteiger partial charge in [0.15, 0.2) is 11.6 Å². The number of hydrogen-bond donors (Lipinski definition) is 0. The van der Waals surface area contributed by atoms with Gasteiger partial charge in [0, 0.05) is 17.3 Å². The SMILES string of the molecule is Cc1ccc(OC(=O)c2ccc(-c3ccc(C)c(F)c3F)cn2)cc1. The van der Waals surface area contributed by atoms with E-state index in [9.17, 15) is 13.6 Å². The highest BCUT2D eigenvalue weighted by Crippen LogP contribution is 2.26. The molecule has 2 aromatic carbocycles. The summed E-state index contributed by atoms with van der Waals surface area (Å²) < 4.78 is 32.9. The zero-order valence-electron chi connectivity index (χ0n) is 13.7. The molecule has 0 spiro atoms. The van der Waals surface area contributed by atoms with Gasteiger partial charge in [-0.25, -0.2) is 18.6 Å². The molecular weight excluding hydrogens is 324 g/mol. The Balaban J connectivity index is 1.81. The summed E-state index contributed by atoms with van der Waals surface area (Å²) in [5, 5.41) is 0. The Morgan fingerprint density at radius 3 is 2.28 bits per heavy atom. The van der Waals surface area contributed by atoms with Crippen molar-refractivity contribution in [1.29, 1.82) is 0 Å². The summed E-state index contributed by atoms with van der Waals surface area (Å²) >= 11 is 0. The maximum absolute atomic E-state index is 14.0. The Labute approximate surface area is 143 Å². The number of aromatic nitrogens is 1. The summed E-state index contributed by atoms with van der Waals surface area (Å²) in [5.74, 6) is -2.03. The molecule has 0 atom stereocenters. The maximum atomic E-state index is 14.0. The van der Waals surface area contributed by atoms with Crippen molar-refractivity contribution in [3.05, 3.63) is 83.2 Å². The lowest BCUT2D eigenvalue weighted by molar-refractivity contribution is 0.0728. The van der Waals surface area contributed by atoms with Crippen LogP contribution in [0.2, 0.25) is 0 Å². The van der Waals surface area contributed by atoms with Crippen LogP contribution >= 0.6 is 0 Å². The van der Waals surface area contributed by atoms with Crippen LogP contribution in [0, 0.1) is 25.5 Å². The van der Waals surface area contributed by atoms with Crippen LogP contribution in [0.25, 0.3) is 11.1 Å². The Morgan fingerprint density at radius 1 is 0.920 bits per heavy atom. The lowest BCUT2D eigenvalue weighted by atomic mass is 10.0. The van der Waals surface area contributed by atoms with Gasteiger partial charge in [0.05, 0.1) is 0 Å². The number of esters is 1. The van der Waals surface area contributed by atoms with Crippen LogP contribution in [0.5, 0.6) is 5.75 Å². The van der Waals surface area contributed by atoms with E-state index in [1.54, 1.807) is 12.1 Å². The van der Waals surface area contributed by atoms with Gasteiger partial charge in [-0.3, -0.25) is 0 Å². The third-order valence-electron chi connectivity index (χ3n) is 3.79. The van der Waals surface area contributed by atoms with Crippen LogP contribution in [0.3, 0.4) is 0 Å². The molecule has 3 aromatic rings. The van der Waals surface area contributed by atoms with Gasteiger partial charge < -0.3 is 4.74 Å². The molecule has 0 saturated carbocycles. The first-order valence-electron chi connectivity index (χ1n) is 7.65. The van der Waals surface area contributed by atoms with Crippen molar-refractivity contribution in [2.75, 3.05) is 0 Å². The minimum absolute atomic E-state index is 0.0808. The van der Waals surface area contributed by atoms with Crippen LogP contribution in [0.4, 0.5) is 8.78 Å². The summed E-state index contributed by atoms with van der Waals surface area (Å²) in [5.41, 5.74) is 1.83. The highest BCUT2D eigenvalue weighted by molar-refractivity contribution is 5.89. The summed E-state index contributed by atoms with van der Waals surface area (Å²) in [6, 6.07) is 12.9. The van der Waals surface area contributed by atoms with Crippen LogP contribution in [0.1, 0.15) is 21.6 Å². The predicted octanol–water partition coefficient (Wildman–Crippen LogP) is 4.86. The first-order chi connectivity index (χ1) is 12.0. The molecule has 0 bridgehead atoms. The van der Waals surface area contributed by atoms with Gasteiger partial charge in [-0.05, 0) is 37.6 Å². The highest BCUT2D eigenvalue weighted by atomic mass is 19.2. The molecule has 1 heterocycles. The Bertz CT molecular complexity index is 920. The Morgan fingerprint density at radius 2 is 1.64 bits per heavy atom. The van der Waals surface area contributed by atoms with Gasteiger partial charge in [0.1, 0.15) is 11.4 Å². The number of carbonyl (C=O) groups excluding carboxylic acids is 1. The Hall–Kier alpha value is -3.08. The quantitative estimate of drug-likeness (QED) is 0.505. The molecule has 3 nitrogen and oxygen atoms in total.